The first kappa shape index (κ1) is 27.1. The molecule has 0 unspecified atom stereocenters. The molecule has 0 radical (unpaired) electrons. The first-order valence-electron chi connectivity index (χ1n) is 13.4. The van der Waals surface area contributed by atoms with Crippen LogP contribution in [0.25, 0.3) is 0 Å². The third-order valence-electron chi connectivity index (χ3n) is 7.94. The monoisotopic (exact) mass is 493 g/mol. The summed E-state index contributed by atoms with van der Waals surface area (Å²) < 4.78 is 5.05. The molecule has 0 aromatic carbocycles. The average molecular weight is 494 g/mol. The Labute approximate surface area is 208 Å². The summed E-state index contributed by atoms with van der Waals surface area (Å²) in [7, 11) is 0. The Morgan fingerprint density at radius 1 is 1.03 bits per heavy atom. The number of carbonyl (C=O) groups excluding carboxylic acids is 3. The zero-order valence-electron chi connectivity index (χ0n) is 21.0. The highest BCUT2D eigenvalue weighted by atomic mass is 16.5. The van der Waals surface area contributed by atoms with Crippen molar-refractivity contribution in [2.24, 2.45) is 28.6 Å². The van der Waals surface area contributed by atoms with Gasteiger partial charge in [0.25, 0.3) is 0 Å². The molecule has 2 saturated carbocycles. The van der Waals surface area contributed by atoms with Crippen LogP contribution in [0.1, 0.15) is 84.0 Å². The Bertz CT molecular complexity index is 747. The van der Waals surface area contributed by atoms with E-state index in [2.05, 4.69) is 15.8 Å². The van der Waals surface area contributed by atoms with Gasteiger partial charge in [-0.3, -0.25) is 9.59 Å². The van der Waals surface area contributed by atoms with Crippen molar-refractivity contribution in [1.29, 1.82) is 0 Å². The van der Waals surface area contributed by atoms with Crippen LogP contribution in [0, 0.1) is 17.8 Å². The Balaban J connectivity index is 1.55. The van der Waals surface area contributed by atoms with Gasteiger partial charge in [-0.1, -0.05) is 37.3 Å². The van der Waals surface area contributed by atoms with Gasteiger partial charge < -0.3 is 31.2 Å². The molecule has 1 saturated heterocycles. The fraction of sp³-hybridized carbons (Fsp3) is 0.840. The van der Waals surface area contributed by atoms with Gasteiger partial charge in [-0.15, -0.1) is 0 Å². The van der Waals surface area contributed by atoms with Crippen LogP contribution in [0.2, 0.25) is 0 Å². The number of ether oxygens (including phenoxy) is 1. The normalized spacial score (nSPS) is 26.7. The second kappa shape index (κ2) is 13.5. The summed E-state index contributed by atoms with van der Waals surface area (Å²) in [5.74, 6) is 0.823. The summed E-state index contributed by atoms with van der Waals surface area (Å²) in [4.78, 5) is 40.4. The van der Waals surface area contributed by atoms with E-state index in [1.54, 1.807) is 11.8 Å². The number of alkyl carbamates (subject to hydrolysis) is 1. The summed E-state index contributed by atoms with van der Waals surface area (Å²) in [5.41, 5.74) is 5.73. The van der Waals surface area contributed by atoms with E-state index in [-0.39, 0.29) is 30.2 Å². The molecule has 1 heterocycles. The van der Waals surface area contributed by atoms with Gasteiger partial charge in [0.2, 0.25) is 11.8 Å². The molecule has 198 valence electrons. The summed E-state index contributed by atoms with van der Waals surface area (Å²) in [6.07, 6.45) is 10.6. The SMILES string of the molecule is CCOC(=O)N[C@H](CC1CCCCC1)C(=O)N1CCC[C@H]1C(=O)NCC1CCC(C(N)=NO)CC1. The van der Waals surface area contributed by atoms with Crippen molar-refractivity contribution in [1.82, 2.24) is 15.5 Å². The molecule has 3 aliphatic rings. The topological polar surface area (TPSA) is 146 Å². The number of amides is 3. The van der Waals surface area contributed by atoms with Crippen LogP contribution in [-0.4, -0.2) is 65.6 Å². The number of nitrogens with two attached hydrogens (primary N) is 1. The molecule has 3 rings (SSSR count). The predicted octanol–water partition coefficient (Wildman–Crippen LogP) is 2.73. The van der Waals surface area contributed by atoms with Crippen molar-refractivity contribution in [3.8, 4) is 0 Å². The third-order valence-corrected chi connectivity index (χ3v) is 7.94. The molecule has 1 aliphatic heterocycles. The van der Waals surface area contributed by atoms with Gasteiger partial charge in [-0.2, -0.15) is 0 Å². The molecule has 0 bridgehead atoms. The lowest BCUT2D eigenvalue weighted by Crippen LogP contribution is -2.54. The lowest BCUT2D eigenvalue weighted by molar-refractivity contribution is -0.140. The fourth-order valence-electron chi connectivity index (χ4n) is 5.90. The maximum atomic E-state index is 13.5. The second-order valence-corrected chi connectivity index (χ2v) is 10.3. The van der Waals surface area contributed by atoms with Crippen molar-refractivity contribution < 1.29 is 24.3 Å². The summed E-state index contributed by atoms with van der Waals surface area (Å²) in [5, 5.41) is 17.8. The molecule has 10 heteroatoms. The predicted molar refractivity (Wildman–Crippen MR) is 132 cm³/mol. The number of hydrogen-bond acceptors (Lipinski definition) is 6. The number of hydrogen-bond donors (Lipinski definition) is 4. The minimum Gasteiger partial charge on any atom is -0.450 e. The molecule has 2 atom stereocenters. The molecule has 5 N–H and O–H groups in total. The molecule has 0 aromatic rings. The second-order valence-electron chi connectivity index (χ2n) is 10.3. The van der Waals surface area contributed by atoms with Crippen molar-refractivity contribution >= 4 is 23.7 Å². The highest BCUT2D eigenvalue weighted by Gasteiger charge is 2.39. The van der Waals surface area contributed by atoms with Crippen molar-refractivity contribution in [3.05, 3.63) is 0 Å². The van der Waals surface area contributed by atoms with Gasteiger partial charge in [-0.25, -0.2) is 4.79 Å². The lowest BCUT2D eigenvalue weighted by atomic mass is 9.81. The van der Waals surface area contributed by atoms with E-state index in [4.69, 9.17) is 15.7 Å². The molecule has 0 spiro atoms. The zero-order valence-corrected chi connectivity index (χ0v) is 21.0. The Hall–Kier alpha value is -2.52. The molecule has 10 nitrogen and oxygen atoms in total. The van der Waals surface area contributed by atoms with Crippen LogP contribution < -0.4 is 16.4 Å². The number of oxime groups is 1. The molecule has 2 aliphatic carbocycles. The lowest BCUT2D eigenvalue weighted by Gasteiger charge is -2.32. The minimum absolute atomic E-state index is 0.0999. The fourth-order valence-corrected chi connectivity index (χ4v) is 5.90. The minimum atomic E-state index is -0.667. The van der Waals surface area contributed by atoms with Crippen LogP contribution in [0.5, 0.6) is 0 Å². The number of rotatable bonds is 9. The summed E-state index contributed by atoms with van der Waals surface area (Å²) >= 11 is 0. The number of amidine groups is 1. The highest BCUT2D eigenvalue weighted by Crippen LogP contribution is 2.30. The van der Waals surface area contributed by atoms with E-state index < -0.39 is 18.2 Å². The van der Waals surface area contributed by atoms with E-state index in [0.717, 1.165) is 57.8 Å². The van der Waals surface area contributed by atoms with E-state index in [1.165, 1.54) is 6.42 Å². The standard InChI is InChI=1S/C25H43N5O5/c1-2-35-25(33)28-20(15-17-7-4-3-5-8-17)24(32)30-14-6-9-21(30)23(31)27-16-18-10-12-19(13-11-18)22(26)29-34/h17-21,34H,2-16H2,1H3,(H2,26,29)(H,27,31)(H,28,33)/t18?,19?,20-,21+/m1/s1. The number of likely N-dealkylation sites (tertiary alicyclic amines) is 1. The van der Waals surface area contributed by atoms with Crippen LogP contribution in [0.3, 0.4) is 0 Å². The Morgan fingerprint density at radius 3 is 2.40 bits per heavy atom. The van der Waals surface area contributed by atoms with Crippen LogP contribution in [0.15, 0.2) is 5.16 Å². The summed E-state index contributed by atoms with van der Waals surface area (Å²) in [6.45, 7) is 3.06. The molecule has 3 fully saturated rings. The van der Waals surface area contributed by atoms with Gasteiger partial charge in [0.1, 0.15) is 17.9 Å². The third kappa shape index (κ3) is 7.73. The first-order chi connectivity index (χ1) is 16.9. The van der Waals surface area contributed by atoms with Crippen LogP contribution in [0.4, 0.5) is 4.79 Å². The van der Waals surface area contributed by atoms with Crippen molar-refractivity contribution in [2.45, 2.75) is 96.1 Å². The van der Waals surface area contributed by atoms with Gasteiger partial charge in [0, 0.05) is 19.0 Å². The van der Waals surface area contributed by atoms with Gasteiger partial charge in [-0.05, 0) is 63.7 Å². The van der Waals surface area contributed by atoms with E-state index in [1.807, 2.05) is 0 Å². The first-order valence-corrected chi connectivity index (χ1v) is 13.4. The van der Waals surface area contributed by atoms with E-state index >= 15 is 0 Å². The zero-order chi connectivity index (χ0) is 25.2. The van der Waals surface area contributed by atoms with Crippen molar-refractivity contribution in [2.75, 3.05) is 19.7 Å². The largest absolute Gasteiger partial charge is 0.450 e. The Morgan fingerprint density at radius 2 is 1.74 bits per heavy atom. The quantitative estimate of drug-likeness (QED) is 0.168. The number of nitrogens with one attached hydrogen (secondary N) is 2. The molecule has 3 amide bonds. The van der Waals surface area contributed by atoms with Gasteiger partial charge in [0.15, 0.2) is 0 Å². The highest BCUT2D eigenvalue weighted by molar-refractivity contribution is 5.91. The van der Waals surface area contributed by atoms with Gasteiger partial charge in [0.05, 0.1) is 6.61 Å². The Kier molecular flexibility index (Phi) is 10.5. The van der Waals surface area contributed by atoms with Gasteiger partial charge >= 0.3 is 6.09 Å². The molecule has 0 aromatic heterocycles. The van der Waals surface area contributed by atoms with Crippen LogP contribution in [-0.2, 0) is 14.3 Å². The van der Waals surface area contributed by atoms with Crippen LogP contribution >= 0.6 is 0 Å². The smallest absolute Gasteiger partial charge is 0.407 e. The number of nitrogens with zero attached hydrogens (tertiary/aromatic N) is 2. The van der Waals surface area contributed by atoms with E-state index in [0.29, 0.717) is 37.8 Å². The molecular formula is C25H43N5O5. The maximum Gasteiger partial charge on any atom is 0.407 e. The average Bonchev–Trinajstić information content (AvgIpc) is 3.37. The van der Waals surface area contributed by atoms with E-state index in [9.17, 15) is 14.4 Å². The maximum absolute atomic E-state index is 13.5. The van der Waals surface area contributed by atoms with Crippen molar-refractivity contribution in [3.63, 3.8) is 0 Å². The summed E-state index contributed by atoms with van der Waals surface area (Å²) in [6, 6.07) is -1.17. The number of carbonyl (C=O) groups is 3. The molecular weight excluding hydrogens is 450 g/mol. The molecule has 35 heavy (non-hydrogen) atoms.